The van der Waals surface area contributed by atoms with E-state index in [0.717, 1.165) is 0 Å². The van der Waals surface area contributed by atoms with E-state index >= 15 is 0 Å². The van der Waals surface area contributed by atoms with Crippen LogP contribution in [0.3, 0.4) is 0 Å². The van der Waals surface area contributed by atoms with E-state index in [4.69, 9.17) is 0 Å². The van der Waals surface area contributed by atoms with Crippen LogP contribution in [0.5, 0.6) is 0 Å². The molecule has 0 heterocycles. The summed E-state index contributed by atoms with van der Waals surface area (Å²) in [6.45, 7) is 6.20. The normalized spacial score (nSPS) is 11.4. The molecule has 1 rings (SSSR count). The van der Waals surface area contributed by atoms with Crippen LogP contribution in [0.15, 0.2) is 23.1 Å². The van der Waals surface area contributed by atoms with Crippen LogP contribution in [0.4, 0.5) is 0 Å². The van der Waals surface area contributed by atoms with E-state index < -0.39 is 10.0 Å². The summed E-state index contributed by atoms with van der Waals surface area (Å²) in [7, 11) is -0.329. The van der Waals surface area contributed by atoms with Gasteiger partial charge in [-0.25, -0.2) is 8.42 Å². The van der Waals surface area contributed by atoms with Gasteiger partial charge in [0.2, 0.25) is 15.9 Å². The van der Waals surface area contributed by atoms with Gasteiger partial charge in [-0.2, -0.15) is 4.31 Å². The Hall–Kier alpha value is -1.93. The van der Waals surface area contributed by atoms with Crippen molar-refractivity contribution in [1.82, 2.24) is 14.5 Å². The molecule has 1 aromatic carbocycles. The van der Waals surface area contributed by atoms with Crippen LogP contribution in [0.25, 0.3) is 0 Å². The fourth-order valence-corrected chi connectivity index (χ4v) is 3.81. The molecule has 25 heavy (non-hydrogen) atoms. The lowest BCUT2D eigenvalue weighted by molar-refractivity contribution is -0.128. The van der Waals surface area contributed by atoms with Crippen molar-refractivity contribution in [1.29, 1.82) is 0 Å². The lowest BCUT2D eigenvalue weighted by Crippen LogP contribution is -2.32. The molecule has 0 fully saturated rings. The molecule has 0 radical (unpaired) electrons. The summed E-state index contributed by atoms with van der Waals surface area (Å²) in [5.41, 5.74) is 0.973. The smallest absolute Gasteiger partial charge is 0.251 e. The van der Waals surface area contributed by atoms with E-state index in [1.165, 1.54) is 21.3 Å². The molecule has 1 aromatic rings. The third-order valence-corrected chi connectivity index (χ3v) is 5.97. The lowest BCUT2D eigenvalue weighted by atomic mass is 10.1. The highest BCUT2D eigenvalue weighted by Crippen LogP contribution is 2.19. The number of aryl methyl sites for hydroxylation is 1. The fourth-order valence-electron chi connectivity index (χ4n) is 2.32. The molecule has 0 saturated heterocycles. The molecule has 0 aliphatic carbocycles. The van der Waals surface area contributed by atoms with Gasteiger partial charge in [0.25, 0.3) is 5.91 Å². The zero-order chi connectivity index (χ0) is 19.2. The van der Waals surface area contributed by atoms with Gasteiger partial charge in [0.05, 0.1) is 4.90 Å². The van der Waals surface area contributed by atoms with Crippen LogP contribution >= 0.6 is 0 Å². The van der Waals surface area contributed by atoms with Gasteiger partial charge in [0, 0.05) is 45.7 Å². The summed E-state index contributed by atoms with van der Waals surface area (Å²) < 4.78 is 26.5. The maximum atomic E-state index is 12.6. The number of benzene rings is 1. The second-order valence-electron chi connectivity index (χ2n) is 5.86. The van der Waals surface area contributed by atoms with Crippen LogP contribution in [0.2, 0.25) is 0 Å². The van der Waals surface area contributed by atoms with E-state index in [0.29, 0.717) is 24.2 Å². The molecule has 0 bridgehead atoms. The predicted molar refractivity (Wildman–Crippen MR) is 96.9 cm³/mol. The van der Waals surface area contributed by atoms with Gasteiger partial charge in [0.1, 0.15) is 0 Å². The maximum Gasteiger partial charge on any atom is 0.251 e. The zero-order valence-electron chi connectivity index (χ0n) is 15.5. The first-order chi connectivity index (χ1) is 11.6. The van der Waals surface area contributed by atoms with Crippen molar-refractivity contribution >= 4 is 21.8 Å². The second-order valence-corrected chi connectivity index (χ2v) is 7.80. The summed E-state index contributed by atoms with van der Waals surface area (Å²) in [6, 6.07) is 4.53. The molecule has 0 aliphatic heterocycles. The highest BCUT2D eigenvalue weighted by Gasteiger charge is 2.23. The summed E-state index contributed by atoms with van der Waals surface area (Å²) in [4.78, 5) is 25.5. The van der Waals surface area contributed by atoms with Crippen molar-refractivity contribution in [2.45, 2.75) is 32.1 Å². The Kier molecular flexibility index (Phi) is 7.57. The van der Waals surface area contributed by atoms with Crippen LogP contribution < -0.4 is 5.32 Å². The zero-order valence-corrected chi connectivity index (χ0v) is 16.3. The SMILES string of the molecule is CCN(CC)S(=O)(=O)c1ccc(C)c(C(=O)NCCC(=O)N(C)C)c1. The maximum absolute atomic E-state index is 12.6. The number of amides is 2. The molecule has 1 N–H and O–H groups in total. The Morgan fingerprint density at radius 1 is 1.12 bits per heavy atom. The number of carbonyl (C=O) groups excluding carboxylic acids is 2. The summed E-state index contributed by atoms with van der Waals surface area (Å²) in [6.07, 6.45) is 0.190. The first-order valence-electron chi connectivity index (χ1n) is 8.24. The highest BCUT2D eigenvalue weighted by atomic mass is 32.2. The number of nitrogens with one attached hydrogen (secondary N) is 1. The lowest BCUT2D eigenvalue weighted by Gasteiger charge is -2.19. The average molecular weight is 369 g/mol. The molecule has 7 nitrogen and oxygen atoms in total. The Morgan fingerprint density at radius 2 is 1.72 bits per heavy atom. The minimum atomic E-state index is -3.63. The Morgan fingerprint density at radius 3 is 2.24 bits per heavy atom. The van der Waals surface area contributed by atoms with Crippen LogP contribution in [0.1, 0.15) is 36.2 Å². The Bertz CT molecular complexity index is 725. The molecule has 0 atom stereocenters. The van der Waals surface area contributed by atoms with Gasteiger partial charge in [-0.3, -0.25) is 9.59 Å². The van der Waals surface area contributed by atoms with Crippen LogP contribution in [-0.4, -0.2) is 63.2 Å². The van der Waals surface area contributed by atoms with Crippen molar-refractivity contribution in [2.24, 2.45) is 0 Å². The first kappa shape index (κ1) is 21.1. The van der Waals surface area contributed by atoms with Crippen molar-refractivity contribution in [3.8, 4) is 0 Å². The third-order valence-electron chi connectivity index (χ3n) is 3.92. The number of nitrogens with zero attached hydrogens (tertiary/aromatic N) is 2. The number of sulfonamides is 1. The number of hydrogen-bond donors (Lipinski definition) is 1. The van der Waals surface area contributed by atoms with Gasteiger partial charge < -0.3 is 10.2 Å². The van der Waals surface area contributed by atoms with Crippen LogP contribution in [-0.2, 0) is 14.8 Å². The van der Waals surface area contributed by atoms with E-state index in [-0.39, 0.29) is 29.7 Å². The standard InChI is InChI=1S/C17H27N3O4S/c1-6-20(7-2)25(23,24)14-9-8-13(3)15(12-14)17(22)18-11-10-16(21)19(4)5/h8-9,12H,6-7,10-11H2,1-5H3,(H,18,22). The Labute approximate surface area is 150 Å². The van der Waals surface area contributed by atoms with Crippen molar-refractivity contribution in [3.05, 3.63) is 29.3 Å². The fraction of sp³-hybridized carbons (Fsp3) is 0.529. The van der Waals surface area contributed by atoms with E-state index in [2.05, 4.69) is 5.32 Å². The molecule has 140 valence electrons. The predicted octanol–water partition coefficient (Wildman–Crippen LogP) is 1.23. The number of carbonyl (C=O) groups is 2. The molecule has 0 aromatic heterocycles. The minimum absolute atomic E-state index is 0.0881. The third kappa shape index (κ3) is 5.27. The van der Waals surface area contributed by atoms with Crippen LogP contribution in [0, 0.1) is 6.92 Å². The minimum Gasteiger partial charge on any atom is -0.352 e. The molecule has 2 amide bonds. The molecular weight excluding hydrogens is 342 g/mol. The van der Waals surface area contributed by atoms with Crippen molar-refractivity contribution in [2.75, 3.05) is 33.7 Å². The Balaban J connectivity index is 2.98. The van der Waals surface area contributed by atoms with Gasteiger partial charge in [-0.15, -0.1) is 0 Å². The highest BCUT2D eigenvalue weighted by molar-refractivity contribution is 7.89. The average Bonchev–Trinajstić information content (AvgIpc) is 2.55. The monoisotopic (exact) mass is 369 g/mol. The van der Waals surface area contributed by atoms with Gasteiger partial charge in [-0.05, 0) is 24.6 Å². The topological polar surface area (TPSA) is 86.8 Å². The molecule has 0 saturated carbocycles. The number of rotatable bonds is 8. The van der Waals surface area contributed by atoms with E-state index in [1.807, 2.05) is 0 Å². The number of hydrogen-bond acceptors (Lipinski definition) is 4. The van der Waals surface area contributed by atoms with Gasteiger partial charge >= 0.3 is 0 Å². The van der Waals surface area contributed by atoms with Gasteiger partial charge in [-0.1, -0.05) is 19.9 Å². The molecule has 8 heteroatoms. The van der Waals surface area contributed by atoms with E-state index in [9.17, 15) is 18.0 Å². The summed E-state index contributed by atoms with van der Waals surface area (Å²) in [5, 5.41) is 2.67. The first-order valence-corrected chi connectivity index (χ1v) is 9.68. The van der Waals surface area contributed by atoms with Crippen molar-refractivity contribution < 1.29 is 18.0 Å². The summed E-state index contributed by atoms with van der Waals surface area (Å²) in [5.74, 6) is -0.476. The van der Waals surface area contributed by atoms with Crippen molar-refractivity contribution in [3.63, 3.8) is 0 Å². The quantitative estimate of drug-likeness (QED) is 0.747. The molecule has 0 spiro atoms. The van der Waals surface area contributed by atoms with E-state index in [1.54, 1.807) is 40.9 Å². The summed E-state index contributed by atoms with van der Waals surface area (Å²) >= 11 is 0. The molecular formula is C17H27N3O4S. The largest absolute Gasteiger partial charge is 0.352 e. The molecule has 0 unspecified atom stereocenters. The molecule has 0 aliphatic rings. The van der Waals surface area contributed by atoms with Gasteiger partial charge in [0.15, 0.2) is 0 Å². The second kappa shape index (κ2) is 8.96.